The molecule has 0 radical (unpaired) electrons. The Kier molecular flexibility index (Phi) is 3.47. The molecule has 4 rings (SSSR count). The molecule has 0 unspecified atom stereocenters. The minimum absolute atomic E-state index is 0.150. The molecule has 1 heterocycles. The molecule has 0 bridgehead atoms. The standard InChI is InChI=1S/C20H15NO3S/c1-14-11-12-18-17(13-14)16-9-5-6-10-19(16)25(23,24)21(18)20(22)15-7-3-2-4-8-15/h2-13H,1H3. The van der Waals surface area contributed by atoms with Gasteiger partial charge in [0.25, 0.3) is 15.9 Å². The van der Waals surface area contributed by atoms with E-state index in [4.69, 9.17) is 0 Å². The predicted octanol–water partition coefficient (Wildman–Crippen LogP) is 4.01. The number of nitrogens with zero attached hydrogens (tertiary/aromatic N) is 1. The lowest BCUT2D eigenvalue weighted by atomic mass is 10.0. The van der Waals surface area contributed by atoms with E-state index in [2.05, 4.69) is 0 Å². The van der Waals surface area contributed by atoms with E-state index < -0.39 is 15.9 Å². The van der Waals surface area contributed by atoms with Gasteiger partial charge in [0.05, 0.1) is 10.6 Å². The Balaban J connectivity index is 2.02. The minimum Gasteiger partial charge on any atom is -0.268 e. The van der Waals surface area contributed by atoms with Crippen molar-refractivity contribution in [3.8, 4) is 11.1 Å². The third-order valence-corrected chi connectivity index (χ3v) is 6.03. The molecule has 25 heavy (non-hydrogen) atoms. The maximum atomic E-state index is 13.2. The minimum atomic E-state index is -3.97. The maximum Gasteiger partial charge on any atom is 0.272 e. The summed E-state index contributed by atoms with van der Waals surface area (Å²) in [5.41, 5.74) is 3.09. The highest BCUT2D eigenvalue weighted by Gasteiger charge is 2.39. The summed E-state index contributed by atoms with van der Waals surface area (Å²) in [4.78, 5) is 13.2. The van der Waals surface area contributed by atoms with Gasteiger partial charge < -0.3 is 0 Å². The van der Waals surface area contributed by atoms with Crippen LogP contribution in [0.3, 0.4) is 0 Å². The van der Waals surface area contributed by atoms with Crippen molar-refractivity contribution in [1.29, 1.82) is 0 Å². The highest BCUT2D eigenvalue weighted by molar-refractivity contribution is 7.93. The van der Waals surface area contributed by atoms with Crippen LogP contribution in [0.15, 0.2) is 77.7 Å². The number of aryl methyl sites for hydroxylation is 1. The second-order valence-electron chi connectivity index (χ2n) is 5.96. The van der Waals surface area contributed by atoms with Gasteiger partial charge in [-0.2, -0.15) is 4.31 Å². The molecule has 0 saturated carbocycles. The number of carbonyl (C=O) groups is 1. The molecule has 3 aromatic carbocycles. The lowest BCUT2D eigenvalue weighted by Gasteiger charge is -2.30. The molecule has 1 aliphatic rings. The van der Waals surface area contributed by atoms with Crippen molar-refractivity contribution >= 4 is 21.6 Å². The van der Waals surface area contributed by atoms with Gasteiger partial charge in [-0.3, -0.25) is 4.79 Å². The van der Waals surface area contributed by atoms with Crippen LogP contribution in [0.2, 0.25) is 0 Å². The van der Waals surface area contributed by atoms with Gasteiger partial charge in [-0.15, -0.1) is 0 Å². The number of benzene rings is 3. The lowest BCUT2D eigenvalue weighted by molar-refractivity contribution is 0.101. The molecule has 0 aromatic heterocycles. The zero-order valence-electron chi connectivity index (χ0n) is 13.5. The first-order valence-electron chi connectivity index (χ1n) is 7.85. The summed E-state index contributed by atoms with van der Waals surface area (Å²) in [6.45, 7) is 1.94. The number of fused-ring (bicyclic) bond motifs is 3. The van der Waals surface area contributed by atoms with Gasteiger partial charge in [0.1, 0.15) is 0 Å². The van der Waals surface area contributed by atoms with Crippen molar-refractivity contribution in [2.75, 3.05) is 4.31 Å². The van der Waals surface area contributed by atoms with Crippen LogP contribution in [0.4, 0.5) is 5.69 Å². The Bertz CT molecular complexity index is 1090. The fraction of sp³-hybridized carbons (Fsp3) is 0.0500. The molecule has 3 aromatic rings. The third kappa shape index (κ3) is 2.36. The molecular formula is C20H15NO3S. The van der Waals surface area contributed by atoms with Crippen LogP contribution in [0.25, 0.3) is 11.1 Å². The van der Waals surface area contributed by atoms with E-state index in [1.165, 1.54) is 0 Å². The number of rotatable bonds is 1. The fourth-order valence-corrected chi connectivity index (χ4v) is 4.75. The molecular weight excluding hydrogens is 334 g/mol. The summed E-state index contributed by atoms with van der Waals surface area (Å²) in [5.74, 6) is -0.555. The molecule has 0 atom stereocenters. The summed E-state index contributed by atoms with van der Waals surface area (Å²) < 4.78 is 27.3. The van der Waals surface area contributed by atoms with Crippen molar-refractivity contribution < 1.29 is 13.2 Å². The summed E-state index contributed by atoms with van der Waals surface area (Å²) in [5, 5.41) is 0. The zero-order chi connectivity index (χ0) is 17.6. The van der Waals surface area contributed by atoms with E-state index in [0.717, 1.165) is 15.4 Å². The van der Waals surface area contributed by atoms with Gasteiger partial charge in [-0.05, 0) is 37.3 Å². The number of anilines is 1. The van der Waals surface area contributed by atoms with Crippen molar-refractivity contribution in [2.45, 2.75) is 11.8 Å². The molecule has 5 heteroatoms. The molecule has 4 nitrogen and oxygen atoms in total. The Labute approximate surface area is 146 Å². The van der Waals surface area contributed by atoms with E-state index in [0.29, 0.717) is 16.8 Å². The molecule has 1 aliphatic heterocycles. The molecule has 124 valence electrons. The van der Waals surface area contributed by atoms with Gasteiger partial charge in [-0.25, -0.2) is 8.42 Å². The van der Waals surface area contributed by atoms with Crippen LogP contribution in [0.5, 0.6) is 0 Å². The van der Waals surface area contributed by atoms with Crippen LogP contribution < -0.4 is 4.31 Å². The van der Waals surface area contributed by atoms with Crippen LogP contribution >= 0.6 is 0 Å². The van der Waals surface area contributed by atoms with Gasteiger partial charge in [0.15, 0.2) is 0 Å². The van der Waals surface area contributed by atoms with Crippen LogP contribution in [-0.2, 0) is 10.0 Å². The molecule has 1 amide bonds. The summed E-state index contributed by atoms with van der Waals surface area (Å²) in [7, 11) is -3.97. The smallest absolute Gasteiger partial charge is 0.268 e. The number of hydrogen-bond acceptors (Lipinski definition) is 3. The lowest BCUT2D eigenvalue weighted by Crippen LogP contribution is -2.39. The Morgan fingerprint density at radius 2 is 1.52 bits per heavy atom. The number of carbonyl (C=O) groups excluding carboxylic acids is 1. The predicted molar refractivity (Wildman–Crippen MR) is 97.1 cm³/mol. The highest BCUT2D eigenvalue weighted by atomic mass is 32.2. The van der Waals surface area contributed by atoms with E-state index in [-0.39, 0.29) is 4.90 Å². The largest absolute Gasteiger partial charge is 0.272 e. The molecule has 0 N–H and O–H groups in total. The van der Waals surface area contributed by atoms with Crippen molar-refractivity contribution in [2.24, 2.45) is 0 Å². The van der Waals surface area contributed by atoms with E-state index in [1.807, 2.05) is 19.1 Å². The van der Waals surface area contributed by atoms with Crippen LogP contribution in [-0.4, -0.2) is 14.3 Å². The van der Waals surface area contributed by atoms with Crippen molar-refractivity contribution in [1.82, 2.24) is 0 Å². The second-order valence-corrected chi connectivity index (χ2v) is 7.71. The Hall–Kier alpha value is -2.92. The van der Waals surface area contributed by atoms with Crippen LogP contribution in [0, 0.1) is 6.92 Å². The van der Waals surface area contributed by atoms with E-state index >= 15 is 0 Å². The van der Waals surface area contributed by atoms with E-state index in [1.54, 1.807) is 60.7 Å². The first kappa shape index (κ1) is 15.6. The number of amides is 1. The highest BCUT2D eigenvalue weighted by Crippen LogP contribution is 2.43. The fourth-order valence-electron chi connectivity index (χ4n) is 3.10. The second kappa shape index (κ2) is 5.57. The molecule has 0 fully saturated rings. The topological polar surface area (TPSA) is 54.5 Å². The molecule has 0 saturated heterocycles. The SMILES string of the molecule is Cc1ccc2c(c1)-c1ccccc1S(=O)(=O)N2C(=O)c1ccccc1. The van der Waals surface area contributed by atoms with E-state index in [9.17, 15) is 13.2 Å². The quantitative estimate of drug-likeness (QED) is 0.667. The monoisotopic (exact) mass is 349 g/mol. The molecule has 0 spiro atoms. The molecule has 0 aliphatic carbocycles. The Morgan fingerprint density at radius 3 is 2.28 bits per heavy atom. The summed E-state index contributed by atoms with van der Waals surface area (Å²) >= 11 is 0. The van der Waals surface area contributed by atoms with Crippen LogP contribution in [0.1, 0.15) is 15.9 Å². The van der Waals surface area contributed by atoms with Gasteiger partial charge in [-0.1, -0.05) is 48.0 Å². The average Bonchev–Trinajstić information content (AvgIpc) is 2.63. The summed E-state index contributed by atoms with van der Waals surface area (Å²) in [6.07, 6.45) is 0. The number of sulfonamides is 1. The first-order valence-corrected chi connectivity index (χ1v) is 9.29. The number of hydrogen-bond donors (Lipinski definition) is 0. The summed E-state index contributed by atoms with van der Waals surface area (Å²) in [6, 6.07) is 20.7. The normalized spacial score (nSPS) is 14.5. The zero-order valence-corrected chi connectivity index (χ0v) is 14.3. The van der Waals surface area contributed by atoms with Gasteiger partial charge >= 0.3 is 0 Å². The van der Waals surface area contributed by atoms with Gasteiger partial charge in [0.2, 0.25) is 0 Å². The first-order chi connectivity index (χ1) is 12.0. The third-order valence-electron chi connectivity index (χ3n) is 4.27. The average molecular weight is 349 g/mol. The van der Waals surface area contributed by atoms with Crippen molar-refractivity contribution in [3.05, 3.63) is 83.9 Å². The Morgan fingerprint density at radius 1 is 0.840 bits per heavy atom. The maximum absolute atomic E-state index is 13.2. The van der Waals surface area contributed by atoms with Gasteiger partial charge in [0, 0.05) is 16.7 Å². The van der Waals surface area contributed by atoms with Crippen molar-refractivity contribution in [3.63, 3.8) is 0 Å².